The number of carbonyl (C=O) groups is 1. The molecule has 120 valence electrons. The molecule has 0 aromatic carbocycles. The van der Waals surface area contributed by atoms with Crippen LogP contribution in [-0.4, -0.2) is 51.8 Å². The number of hydrogen-bond donors (Lipinski definition) is 3. The number of aromatic carboxylic acids is 1. The normalized spacial score (nSPS) is 12.5. The lowest BCUT2D eigenvalue weighted by Crippen LogP contribution is -2.32. The summed E-state index contributed by atoms with van der Waals surface area (Å²) in [6.45, 7) is 1.66. The first kappa shape index (κ1) is 17.6. The molecule has 1 aromatic heterocycles. The highest BCUT2D eigenvalue weighted by Crippen LogP contribution is 2.14. The topological polar surface area (TPSA) is 135 Å². The Morgan fingerprint density at radius 2 is 1.95 bits per heavy atom. The summed E-state index contributed by atoms with van der Waals surface area (Å²) in [7, 11) is -6.26. The first-order chi connectivity index (χ1) is 9.63. The SMILES string of the molecule is CCn1cc(S(=O)(=O)NCCS(=O)(=O)NC)cc1C(=O)O. The molecule has 3 N–H and O–H groups in total. The van der Waals surface area contributed by atoms with Crippen molar-refractivity contribution >= 4 is 26.0 Å². The number of rotatable bonds is 8. The molecule has 21 heavy (non-hydrogen) atoms. The Bertz CT molecular complexity index is 720. The molecule has 1 rings (SSSR count). The smallest absolute Gasteiger partial charge is 0.352 e. The van der Waals surface area contributed by atoms with Gasteiger partial charge in [0.25, 0.3) is 0 Å². The molecule has 0 radical (unpaired) electrons. The molecule has 0 saturated carbocycles. The fourth-order valence-corrected chi connectivity index (χ4v) is 3.34. The molecule has 0 aliphatic rings. The molecule has 1 aromatic rings. The van der Waals surface area contributed by atoms with Gasteiger partial charge in [0.15, 0.2) is 0 Å². The molecule has 9 nitrogen and oxygen atoms in total. The minimum absolute atomic E-state index is 0.152. The van der Waals surface area contributed by atoms with Crippen LogP contribution in [0.5, 0.6) is 0 Å². The van der Waals surface area contributed by atoms with Gasteiger partial charge in [0.05, 0.1) is 5.75 Å². The molecule has 0 bridgehead atoms. The van der Waals surface area contributed by atoms with Crippen LogP contribution in [0.25, 0.3) is 0 Å². The van der Waals surface area contributed by atoms with Crippen LogP contribution in [0.2, 0.25) is 0 Å². The van der Waals surface area contributed by atoms with Crippen LogP contribution in [0.1, 0.15) is 17.4 Å². The van der Waals surface area contributed by atoms with Crippen LogP contribution < -0.4 is 9.44 Å². The molecule has 0 amide bonds. The zero-order valence-electron chi connectivity index (χ0n) is 11.5. The summed E-state index contributed by atoms with van der Waals surface area (Å²) < 4.78 is 51.8. The van der Waals surface area contributed by atoms with Gasteiger partial charge in [0.2, 0.25) is 20.0 Å². The lowest BCUT2D eigenvalue weighted by atomic mass is 10.4. The highest BCUT2D eigenvalue weighted by atomic mass is 32.2. The van der Waals surface area contributed by atoms with E-state index in [0.29, 0.717) is 6.54 Å². The van der Waals surface area contributed by atoms with E-state index in [9.17, 15) is 21.6 Å². The van der Waals surface area contributed by atoms with Crippen molar-refractivity contribution in [3.05, 3.63) is 18.0 Å². The Morgan fingerprint density at radius 1 is 1.33 bits per heavy atom. The second-order valence-electron chi connectivity index (χ2n) is 4.07. The molecule has 11 heteroatoms. The molecule has 0 unspecified atom stereocenters. The lowest BCUT2D eigenvalue weighted by molar-refractivity contribution is 0.0685. The first-order valence-electron chi connectivity index (χ1n) is 5.97. The van der Waals surface area contributed by atoms with Gasteiger partial charge in [-0.2, -0.15) is 0 Å². The van der Waals surface area contributed by atoms with Crippen molar-refractivity contribution < 1.29 is 26.7 Å². The van der Waals surface area contributed by atoms with E-state index in [1.54, 1.807) is 6.92 Å². The summed E-state index contributed by atoms with van der Waals surface area (Å²) in [5, 5.41) is 8.97. The lowest BCUT2D eigenvalue weighted by Gasteiger charge is -2.05. The maximum Gasteiger partial charge on any atom is 0.352 e. The maximum absolute atomic E-state index is 12.0. The second-order valence-corrected chi connectivity index (χ2v) is 7.89. The molecule has 0 atom stereocenters. The zero-order valence-corrected chi connectivity index (χ0v) is 13.2. The van der Waals surface area contributed by atoms with Gasteiger partial charge in [-0.25, -0.2) is 31.1 Å². The predicted molar refractivity (Wildman–Crippen MR) is 75.1 cm³/mol. The van der Waals surface area contributed by atoms with Crippen molar-refractivity contribution in [2.24, 2.45) is 0 Å². The van der Waals surface area contributed by atoms with Crippen LogP contribution in [0, 0.1) is 0 Å². The first-order valence-corrected chi connectivity index (χ1v) is 9.11. The average molecular weight is 339 g/mol. The number of hydrogen-bond acceptors (Lipinski definition) is 5. The number of carboxylic acid groups (broad SMARTS) is 1. The Morgan fingerprint density at radius 3 is 2.38 bits per heavy atom. The summed E-state index contributed by atoms with van der Waals surface area (Å²) in [4.78, 5) is 10.8. The van der Waals surface area contributed by atoms with E-state index in [2.05, 4.69) is 9.44 Å². The fourth-order valence-electron chi connectivity index (χ4n) is 1.57. The third-order valence-corrected chi connectivity index (χ3v) is 5.51. The van der Waals surface area contributed by atoms with Gasteiger partial charge in [0, 0.05) is 19.3 Å². The van der Waals surface area contributed by atoms with E-state index in [1.165, 1.54) is 17.8 Å². The van der Waals surface area contributed by atoms with E-state index < -0.39 is 31.8 Å². The van der Waals surface area contributed by atoms with Crippen LogP contribution in [-0.2, 0) is 26.6 Å². The number of nitrogens with zero attached hydrogens (tertiary/aromatic N) is 1. The van der Waals surface area contributed by atoms with Crippen molar-refractivity contribution in [1.82, 2.24) is 14.0 Å². The standard InChI is InChI=1S/C10H17N3O6S2/c1-3-13-7-8(6-9(13)10(14)15)21(18,19)12-4-5-20(16,17)11-2/h6-7,11-12H,3-5H2,1-2H3,(H,14,15). The summed E-state index contributed by atoms with van der Waals surface area (Å²) in [5.41, 5.74) is -0.152. The molecular formula is C10H17N3O6S2. The van der Waals surface area contributed by atoms with E-state index in [4.69, 9.17) is 5.11 Å². The highest BCUT2D eigenvalue weighted by molar-refractivity contribution is 7.90. The minimum Gasteiger partial charge on any atom is -0.477 e. The fraction of sp³-hybridized carbons (Fsp3) is 0.500. The molecule has 0 aliphatic heterocycles. The molecule has 0 fully saturated rings. The van der Waals surface area contributed by atoms with E-state index in [-0.39, 0.29) is 17.1 Å². The van der Waals surface area contributed by atoms with Gasteiger partial charge in [-0.05, 0) is 20.0 Å². The van der Waals surface area contributed by atoms with E-state index in [0.717, 1.165) is 6.07 Å². The summed E-state index contributed by atoms with van der Waals surface area (Å²) >= 11 is 0. The van der Waals surface area contributed by atoms with Gasteiger partial charge >= 0.3 is 5.97 Å². The summed E-state index contributed by atoms with van der Waals surface area (Å²) in [5.74, 6) is -1.65. The van der Waals surface area contributed by atoms with Gasteiger partial charge in [-0.1, -0.05) is 0 Å². The third kappa shape index (κ3) is 4.52. The van der Waals surface area contributed by atoms with Crippen molar-refractivity contribution in [3.63, 3.8) is 0 Å². The molecule has 1 heterocycles. The molecule has 0 spiro atoms. The zero-order chi connectivity index (χ0) is 16.3. The van der Waals surface area contributed by atoms with Gasteiger partial charge in [-0.15, -0.1) is 0 Å². The average Bonchev–Trinajstić information content (AvgIpc) is 2.83. The summed E-state index contributed by atoms with van der Waals surface area (Å²) in [6.07, 6.45) is 1.19. The number of sulfonamides is 2. The second kappa shape index (κ2) is 6.56. The Labute approximate surface area is 123 Å². The minimum atomic E-state index is -3.96. The predicted octanol–water partition coefficient (Wildman–Crippen LogP) is -0.966. The molecular weight excluding hydrogens is 322 g/mol. The van der Waals surface area contributed by atoms with Crippen molar-refractivity contribution in [2.75, 3.05) is 19.3 Å². The number of aryl methyl sites for hydroxylation is 1. The quantitative estimate of drug-likeness (QED) is 0.558. The van der Waals surface area contributed by atoms with Gasteiger partial charge < -0.3 is 9.67 Å². The summed E-state index contributed by atoms with van der Waals surface area (Å²) in [6, 6.07) is 1.03. The van der Waals surface area contributed by atoms with Crippen molar-refractivity contribution in [3.8, 4) is 0 Å². The van der Waals surface area contributed by atoms with Crippen LogP contribution in [0.4, 0.5) is 0 Å². The molecule has 0 saturated heterocycles. The van der Waals surface area contributed by atoms with Crippen molar-refractivity contribution in [2.45, 2.75) is 18.4 Å². The highest BCUT2D eigenvalue weighted by Gasteiger charge is 2.21. The van der Waals surface area contributed by atoms with Crippen LogP contribution in [0.3, 0.4) is 0 Å². The Hall–Kier alpha value is -1.43. The van der Waals surface area contributed by atoms with E-state index in [1.807, 2.05) is 0 Å². The Kier molecular flexibility index (Phi) is 5.50. The Balaban J connectivity index is 2.91. The monoisotopic (exact) mass is 339 g/mol. The third-order valence-electron chi connectivity index (χ3n) is 2.72. The molecule has 0 aliphatic carbocycles. The maximum atomic E-state index is 12.0. The number of aromatic nitrogens is 1. The van der Waals surface area contributed by atoms with E-state index >= 15 is 0 Å². The number of carboxylic acids is 1. The van der Waals surface area contributed by atoms with Gasteiger partial charge in [0.1, 0.15) is 10.6 Å². The van der Waals surface area contributed by atoms with Crippen molar-refractivity contribution in [1.29, 1.82) is 0 Å². The van der Waals surface area contributed by atoms with Gasteiger partial charge in [-0.3, -0.25) is 0 Å². The van der Waals surface area contributed by atoms with Crippen LogP contribution >= 0.6 is 0 Å². The largest absolute Gasteiger partial charge is 0.477 e. The van der Waals surface area contributed by atoms with Crippen LogP contribution in [0.15, 0.2) is 17.2 Å². The number of nitrogens with one attached hydrogen (secondary N) is 2.